The van der Waals surface area contributed by atoms with Crippen molar-refractivity contribution >= 4 is 17.2 Å². The first-order valence-corrected chi connectivity index (χ1v) is 7.15. The second-order valence-corrected chi connectivity index (χ2v) is 5.21. The van der Waals surface area contributed by atoms with Crippen LogP contribution in [0.2, 0.25) is 0 Å². The summed E-state index contributed by atoms with van der Waals surface area (Å²) in [7, 11) is 0. The molecule has 0 saturated heterocycles. The molecule has 2 N–H and O–H groups in total. The molecular weight excluding hydrogens is 232 g/mol. The predicted molar refractivity (Wildman–Crippen MR) is 73.2 cm³/mol. The van der Waals surface area contributed by atoms with Gasteiger partial charge in [0.15, 0.2) is 0 Å². The topological polar surface area (TPSA) is 41.1 Å². The van der Waals surface area contributed by atoms with Gasteiger partial charge in [0.25, 0.3) is 0 Å². The maximum atomic E-state index is 11.7. The largest absolute Gasteiger partial charge is 0.355 e. The van der Waals surface area contributed by atoms with Gasteiger partial charge in [-0.1, -0.05) is 25.8 Å². The van der Waals surface area contributed by atoms with Crippen LogP contribution < -0.4 is 10.6 Å². The predicted octanol–water partition coefficient (Wildman–Crippen LogP) is 2.53. The Bertz CT molecular complexity index is 311. The Morgan fingerprint density at radius 2 is 2.29 bits per heavy atom. The lowest BCUT2D eigenvalue weighted by Gasteiger charge is -2.13. The molecule has 3 nitrogen and oxygen atoms in total. The second kappa shape index (κ2) is 8.25. The van der Waals surface area contributed by atoms with Crippen molar-refractivity contribution in [1.82, 2.24) is 10.6 Å². The minimum Gasteiger partial charge on any atom is -0.355 e. The monoisotopic (exact) mass is 254 g/mol. The van der Waals surface area contributed by atoms with Gasteiger partial charge in [-0.05, 0) is 24.8 Å². The summed E-state index contributed by atoms with van der Waals surface area (Å²) in [6, 6.07) is 3.97. The fraction of sp³-hybridized carbons (Fsp3) is 0.615. The molecule has 0 aromatic carbocycles. The molecule has 1 amide bonds. The number of carbonyl (C=O) groups excluding carboxylic acids is 1. The van der Waals surface area contributed by atoms with Crippen LogP contribution in [0.5, 0.6) is 0 Å². The van der Waals surface area contributed by atoms with Gasteiger partial charge < -0.3 is 10.6 Å². The van der Waals surface area contributed by atoms with Crippen LogP contribution in [0.4, 0.5) is 0 Å². The summed E-state index contributed by atoms with van der Waals surface area (Å²) in [5.41, 5.74) is 0. The average Bonchev–Trinajstić information content (AvgIpc) is 2.84. The minimum absolute atomic E-state index is 0.0951. The van der Waals surface area contributed by atoms with E-state index in [-0.39, 0.29) is 11.9 Å². The first-order valence-electron chi connectivity index (χ1n) is 6.27. The molecule has 1 unspecified atom stereocenters. The number of thiophene rings is 1. The Balaban J connectivity index is 2.13. The first kappa shape index (κ1) is 14.2. The Labute approximate surface area is 108 Å². The highest BCUT2D eigenvalue weighted by Gasteiger charge is 2.11. The lowest BCUT2D eigenvalue weighted by atomic mass is 10.2. The fourth-order valence-corrected chi connectivity index (χ4v) is 2.15. The van der Waals surface area contributed by atoms with Gasteiger partial charge >= 0.3 is 0 Å². The lowest BCUT2D eigenvalue weighted by molar-refractivity contribution is -0.122. The zero-order valence-corrected chi connectivity index (χ0v) is 11.5. The second-order valence-electron chi connectivity index (χ2n) is 4.18. The molecule has 0 aliphatic rings. The van der Waals surface area contributed by atoms with E-state index < -0.39 is 0 Å². The third-order valence-corrected chi connectivity index (χ3v) is 3.51. The van der Waals surface area contributed by atoms with Gasteiger partial charge in [0, 0.05) is 18.0 Å². The highest BCUT2D eigenvalue weighted by molar-refractivity contribution is 7.09. The van der Waals surface area contributed by atoms with Crippen molar-refractivity contribution in [2.24, 2.45) is 0 Å². The van der Waals surface area contributed by atoms with Crippen LogP contribution in [-0.4, -0.2) is 18.5 Å². The Hall–Kier alpha value is -0.870. The molecule has 17 heavy (non-hydrogen) atoms. The molecule has 1 aromatic heterocycles. The van der Waals surface area contributed by atoms with Crippen LogP contribution in [0.1, 0.15) is 38.0 Å². The molecule has 0 spiro atoms. The van der Waals surface area contributed by atoms with Gasteiger partial charge in [-0.15, -0.1) is 11.3 Å². The first-order chi connectivity index (χ1) is 8.24. The Kier molecular flexibility index (Phi) is 6.89. The van der Waals surface area contributed by atoms with E-state index in [1.165, 1.54) is 17.7 Å². The van der Waals surface area contributed by atoms with Gasteiger partial charge in [0.1, 0.15) is 0 Å². The van der Waals surface area contributed by atoms with Crippen LogP contribution in [0, 0.1) is 0 Å². The van der Waals surface area contributed by atoms with Crippen LogP contribution in [0.15, 0.2) is 17.5 Å². The molecule has 0 radical (unpaired) electrons. The van der Waals surface area contributed by atoms with E-state index in [2.05, 4.69) is 23.6 Å². The molecule has 96 valence electrons. The van der Waals surface area contributed by atoms with E-state index in [4.69, 9.17) is 0 Å². The van der Waals surface area contributed by atoms with E-state index in [0.29, 0.717) is 0 Å². The third kappa shape index (κ3) is 5.84. The normalized spacial score (nSPS) is 12.4. The average molecular weight is 254 g/mol. The van der Waals surface area contributed by atoms with E-state index >= 15 is 0 Å². The molecular formula is C13H22N2OS. The van der Waals surface area contributed by atoms with Crippen molar-refractivity contribution in [3.05, 3.63) is 22.4 Å². The molecule has 1 heterocycles. The zero-order chi connectivity index (χ0) is 12.5. The van der Waals surface area contributed by atoms with Crippen molar-refractivity contribution in [3.63, 3.8) is 0 Å². The van der Waals surface area contributed by atoms with Gasteiger partial charge in [-0.2, -0.15) is 0 Å². The summed E-state index contributed by atoms with van der Waals surface area (Å²) in [5.74, 6) is 0.0951. The Morgan fingerprint density at radius 3 is 2.94 bits per heavy atom. The van der Waals surface area contributed by atoms with Crippen molar-refractivity contribution < 1.29 is 4.79 Å². The number of amides is 1. The molecule has 0 bridgehead atoms. The molecule has 4 heteroatoms. The van der Waals surface area contributed by atoms with Crippen molar-refractivity contribution in [3.8, 4) is 0 Å². The highest BCUT2D eigenvalue weighted by atomic mass is 32.1. The molecule has 0 saturated carbocycles. The van der Waals surface area contributed by atoms with Crippen LogP contribution in [-0.2, 0) is 11.3 Å². The minimum atomic E-state index is -0.126. The fourth-order valence-electron chi connectivity index (χ4n) is 1.50. The molecule has 1 rings (SSSR count). The molecule has 1 atom stereocenters. The number of unbranched alkanes of at least 4 members (excludes halogenated alkanes) is 2. The Morgan fingerprint density at radius 1 is 1.47 bits per heavy atom. The van der Waals surface area contributed by atoms with Crippen molar-refractivity contribution in [2.45, 2.75) is 45.7 Å². The highest BCUT2D eigenvalue weighted by Crippen LogP contribution is 2.07. The van der Waals surface area contributed by atoms with Gasteiger partial charge in [0.05, 0.1) is 6.04 Å². The number of hydrogen-bond acceptors (Lipinski definition) is 3. The standard InChI is InChI=1S/C13H22N2OS/c1-3-4-5-8-14-13(16)11(2)15-10-12-7-6-9-17-12/h6-7,9,11,15H,3-5,8,10H2,1-2H3,(H,14,16). The summed E-state index contributed by atoms with van der Waals surface area (Å²) < 4.78 is 0. The van der Waals surface area contributed by atoms with E-state index in [1.54, 1.807) is 11.3 Å². The summed E-state index contributed by atoms with van der Waals surface area (Å²) >= 11 is 1.71. The third-order valence-electron chi connectivity index (χ3n) is 2.64. The number of carbonyl (C=O) groups is 1. The van der Waals surface area contributed by atoms with Gasteiger partial charge in [-0.3, -0.25) is 4.79 Å². The number of hydrogen-bond donors (Lipinski definition) is 2. The van der Waals surface area contributed by atoms with Crippen LogP contribution in [0.3, 0.4) is 0 Å². The van der Waals surface area contributed by atoms with E-state index in [1.807, 2.05) is 18.4 Å². The number of nitrogens with one attached hydrogen (secondary N) is 2. The van der Waals surface area contributed by atoms with Gasteiger partial charge in [-0.25, -0.2) is 0 Å². The van der Waals surface area contributed by atoms with E-state index in [9.17, 15) is 4.79 Å². The summed E-state index contributed by atoms with van der Waals surface area (Å²) in [6.45, 7) is 5.62. The lowest BCUT2D eigenvalue weighted by Crippen LogP contribution is -2.42. The van der Waals surface area contributed by atoms with Crippen molar-refractivity contribution in [1.29, 1.82) is 0 Å². The maximum Gasteiger partial charge on any atom is 0.236 e. The summed E-state index contributed by atoms with van der Waals surface area (Å²) in [6.07, 6.45) is 3.43. The smallest absolute Gasteiger partial charge is 0.236 e. The van der Waals surface area contributed by atoms with E-state index in [0.717, 1.165) is 19.5 Å². The summed E-state index contributed by atoms with van der Waals surface area (Å²) in [5, 5.41) is 8.22. The van der Waals surface area contributed by atoms with Gasteiger partial charge in [0.2, 0.25) is 5.91 Å². The molecule has 1 aromatic rings. The summed E-state index contributed by atoms with van der Waals surface area (Å²) in [4.78, 5) is 13.0. The molecule has 0 fully saturated rings. The molecule has 0 aliphatic carbocycles. The SMILES string of the molecule is CCCCCNC(=O)C(C)NCc1cccs1. The molecule has 0 aliphatic heterocycles. The van der Waals surface area contributed by atoms with Crippen molar-refractivity contribution in [2.75, 3.05) is 6.54 Å². The zero-order valence-electron chi connectivity index (χ0n) is 10.7. The maximum absolute atomic E-state index is 11.7. The quantitative estimate of drug-likeness (QED) is 0.700. The number of rotatable bonds is 8. The van der Waals surface area contributed by atoms with Crippen LogP contribution >= 0.6 is 11.3 Å². The van der Waals surface area contributed by atoms with Crippen LogP contribution in [0.25, 0.3) is 0 Å².